The average Bonchev–Trinajstić information content (AvgIpc) is 3.64. The van der Waals surface area contributed by atoms with Gasteiger partial charge >= 0.3 is 6.18 Å². The maximum absolute atomic E-state index is 13.8. The lowest BCUT2D eigenvalue weighted by Crippen LogP contribution is -2.13. The first-order chi connectivity index (χ1) is 14.4. The molecule has 3 aromatic rings. The van der Waals surface area contributed by atoms with Crippen molar-refractivity contribution < 1.29 is 22.6 Å². The van der Waals surface area contributed by atoms with Crippen molar-refractivity contribution in [3.05, 3.63) is 53.5 Å². The molecule has 0 saturated heterocycles. The van der Waals surface area contributed by atoms with Crippen LogP contribution in [0.15, 0.2) is 36.5 Å². The Hall–Kier alpha value is -2.77. The van der Waals surface area contributed by atoms with Gasteiger partial charge in [0.05, 0.1) is 13.7 Å². The van der Waals surface area contributed by atoms with Crippen molar-refractivity contribution in [3.63, 3.8) is 0 Å². The van der Waals surface area contributed by atoms with E-state index in [1.54, 1.807) is 13.3 Å². The van der Waals surface area contributed by atoms with Gasteiger partial charge < -0.3 is 9.47 Å². The number of benzene rings is 1. The molecule has 1 aromatic carbocycles. The van der Waals surface area contributed by atoms with Crippen molar-refractivity contribution in [2.75, 3.05) is 13.7 Å². The van der Waals surface area contributed by atoms with E-state index in [0.29, 0.717) is 24.1 Å². The van der Waals surface area contributed by atoms with Crippen molar-refractivity contribution in [1.29, 1.82) is 0 Å². The van der Waals surface area contributed by atoms with Crippen molar-refractivity contribution in [1.82, 2.24) is 14.6 Å². The third-order valence-corrected chi connectivity index (χ3v) is 5.98. The van der Waals surface area contributed by atoms with Gasteiger partial charge in [-0.05, 0) is 54.9 Å². The Morgan fingerprint density at radius 3 is 2.53 bits per heavy atom. The second kappa shape index (κ2) is 7.18. The number of rotatable bonds is 7. The maximum atomic E-state index is 13.8. The zero-order valence-electron chi connectivity index (χ0n) is 16.5. The molecule has 0 amide bonds. The number of alkyl halides is 3. The summed E-state index contributed by atoms with van der Waals surface area (Å²) in [5.74, 6) is 2.18. The van der Waals surface area contributed by atoms with Crippen LogP contribution in [0.1, 0.15) is 42.1 Å². The monoisotopic (exact) mass is 417 g/mol. The number of halogens is 3. The van der Waals surface area contributed by atoms with Gasteiger partial charge in [0.15, 0.2) is 5.65 Å². The van der Waals surface area contributed by atoms with E-state index >= 15 is 0 Å². The molecule has 5 rings (SSSR count). The summed E-state index contributed by atoms with van der Waals surface area (Å²) < 4.78 is 53.8. The maximum Gasteiger partial charge on any atom is 0.423 e. The predicted octanol–water partition coefficient (Wildman–Crippen LogP) is 4.89. The predicted molar refractivity (Wildman–Crippen MR) is 104 cm³/mol. The lowest BCUT2D eigenvalue weighted by molar-refractivity contribution is -0.138. The lowest BCUT2D eigenvalue weighted by Gasteiger charge is -2.15. The summed E-state index contributed by atoms with van der Waals surface area (Å²) in [6.45, 7) is 0.235. The number of hydrogen-bond donors (Lipinski definition) is 0. The zero-order chi connectivity index (χ0) is 20.9. The highest BCUT2D eigenvalue weighted by molar-refractivity contribution is 5.56. The summed E-state index contributed by atoms with van der Waals surface area (Å²) in [4.78, 5) is 0. The highest BCUT2D eigenvalue weighted by Crippen LogP contribution is 2.48. The molecule has 0 spiro atoms. The molecule has 2 aromatic heterocycles. The number of pyridine rings is 1. The topological polar surface area (TPSA) is 48.7 Å². The minimum Gasteiger partial charge on any atom is -0.497 e. The van der Waals surface area contributed by atoms with E-state index in [9.17, 15) is 13.2 Å². The number of ether oxygens (including phenoxy) is 2. The molecule has 0 N–H and O–H groups in total. The van der Waals surface area contributed by atoms with Gasteiger partial charge in [0.25, 0.3) is 0 Å². The molecule has 0 bridgehead atoms. The molecule has 2 atom stereocenters. The summed E-state index contributed by atoms with van der Waals surface area (Å²) in [5, 5.41) is 7.86. The first-order valence-corrected chi connectivity index (χ1v) is 10.1. The molecule has 2 aliphatic rings. The molecule has 2 heterocycles. The second-order valence-corrected chi connectivity index (χ2v) is 8.20. The van der Waals surface area contributed by atoms with Gasteiger partial charge in [0.2, 0.25) is 0 Å². The SMILES string of the molecule is COc1ccc([C@H]2C[C@@H]2COc2ccn3c(CC4CC4)nnc3c2C(F)(F)F)cc1. The van der Waals surface area contributed by atoms with Crippen molar-refractivity contribution in [2.45, 2.75) is 37.8 Å². The third kappa shape index (κ3) is 3.70. The molecule has 8 heteroatoms. The molecule has 0 aliphatic heterocycles. The van der Waals surface area contributed by atoms with Gasteiger partial charge in [-0.3, -0.25) is 4.40 Å². The van der Waals surface area contributed by atoms with E-state index in [1.165, 1.54) is 10.5 Å². The van der Waals surface area contributed by atoms with E-state index < -0.39 is 11.7 Å². The molecule has 2 saturated carbocycles. The van der Waals surface area contributed by atoms with Crippen LogP contribution in [0.5, 0.6) is 11.5 Å². The molecule has 2 aliphatic carbocycles. The average molecular weight is 417 g/mol. The molecule has 0 radical (unpaired) electrons. The smallest absolute Gasteiger partial charge is 0.423 e. The van der Waals surface area contributed by atoms with Crippen molar-refractivity contribution in [2.24, 2.45) is 11.8 Å². The molecular weight excluding hydrogens is 395 g/mol. The standard InChI is InChI=1S/C22H22F3N3O2/c1-29-16-6-4-14(5-7-16)17-11-15(17)12-30-18-8-9-28-19(10-13-2-3-13)26-27-21(28)20(18)22(23,24)25/h4-9,13,15,17H,2-3,10-12H2,1H3/t15-,17-/m1/s1. The first-order valence-electron chi connectivity index (χ1n) is 10.1. The van der Waals surface area contributed by atoms with E-state index in [0.717, 1.165) is 30.6 Å². The fourth-order valence-corrected chi connectivity index (χ4v) is 3.98. The molecule has 0 unspecified atom stereocenters. The van der Waals surface area contributed by atoms with Crippen LogP contribution in [0.4, 0.5) is 13.2 Å². The lowest BCUT2D eigenvalue weighted by atomic mass is 10.1. The molecule has 158 valence electrons. The van der Waals surface area contributed by atoms with Crippen molar-refractivity contribution in [3.8, 4) is 11.5 Å². The van der Waals surface area contributed by atoms with Crippen LogP contribution in [0.3, 0.4) is 0 Å². The number of aromatic nitrogens is 3. The highest BCUT2D eigenvalue weighted by atomic mass is 19.4. The Balaban J connectivity index is 1.34. The molecule has 30 heavy (non-hydrogen) atoms. The Morgan fingerprint density at radius 2 is 1.87 bits per heavy atom. The Kier molecular flexibility index (Phi) is 4.60. The summed E-state index contributed by atoms with van der Waals surface area (Å²) in [7, 11) is 1.61. The van der Waals surface area contributed by atoms with E-state index in [4.69, 9.17) is 9.47 Å². The van der Waals surface area contributed by atoms with Crippen LogP contribution in [0.25, 0.3) is 5.65 Å². The Morgan fingerprint density at radius 1 is 1.10 bits per heavy atom. The largest absolute Gasteiger partial charge is 0.497 e. The van der Waals surface area contributed by atoms with Crippen LogP contribution in [-0.4, -0.2) is 28.3 Å². The van der Waals surface area contributed by atoms with Crippen LogP contribution in [0, 0.1) is 11.8 Å². The van der Waals surface area contributed by atoms with E-state index in [1.807, 2.05) is 24.3 Å². The minimum absolute atomic E-state index is 0.180. The van der Waals surface area contributed by atoms with Gasteiger partial charge in [0.1, 0.15) is 22.9 Å². The number of fused-ring (bicyclic) bond motifs is 1. The quantitative estimate of drug-likeness (QED) is 0.549. The van der Waals surface area contributed by atoms with Crippen molar-refractivity contribution >= 4 is 5.65 Å². The van der Waals surface area contributed by atoms with Crippen LogP contribution >= 0.6 is 0 Å². The minimum atomic E-state index is -4.57. The normalized spacial score (nSPS) is 21.1. The summed E-state index contributed by atoms with van der Waals surface area (Å²) in [6, 6.07) is 9.17. The van der Waals surface area contributed by atoms with Crippen LogP contribution < -0.4 is 9.47 Å². The van der Waals surface area contributed by atoms with E-state index in [2.05, 4.69) is 10.2 Å². The highest BCUT2D eigenvalue weighted by Gasteiger charge is 2.42. The number of hydrogen-bond acceptors (Lipinski definition) is 4. The first kappa shape index (κ1) is 19.2. The zero-order valence-corrected chi connectivity index (χ0v) is 16.5. The van der Waals surface area contributed by atoms with Gasteiger partial charge in [-0.1, -0.05) is 12.1 Å². The van der Waals surface area contributed by atoms with Crippen LogP contribution in [0.2, 0.25) is 0 Å². The summed E-state index contributed by atoms with van der Waals surface area (Å²) in [6.07, 6.45) is 0.765. The fourth-order valence-electron chi connectivity index (χ4n) is 3.98. The molecule has 2 fully saturated rings. The van der Waals surface area contributed by atoms with E-state index in [-0.39, 0.29) is 23.9 Å². The van der Waals surface area contributed by atoms with Gasteiger partial charge in [-0.2, -0.15) is 13.2 Å². The molecule has 5 nitrogen and oxygen atoms in total. The molecular formula is C22H22F3N3O2. The Labute approximate surface area is 171 Å². The fraction of sp³-hybridized carbons (Fsp3) is 0.455. The van der Waals surface area contributed by atoms with Gasteiger partial charge in [0, 0.05) is 18.5 Å². The number of nitrogens with zero attached hydrogens (tertiary/aromatic N) is 3. The third-order valence-electron chi connectivity index (χ3n) is 5.98. The van der Waals surface area contributed by atoms with Crippen LogP contribution in [-0.2, 0) is 12.6 Å². The summed E-state index contributed by atoms with van der Waals surface area (Å²) >= 11 is 0. The Bertz CT molecular complexity index is 1060. The number of methoxy groups -OCH3 is 1. The summed E-state index contributed by atoms with van der Waals surface area (Å²) in [5.41, 5.74) is 0.123. The van der Waals surface area contributed by atoms with Gasteiger partial charge in [-0.25, -0.2) is 0 Å². The second-order valence-electron chi connectivity index (χ2n) is 8.20. The van der Waals surface area contributed by atoms with Gasteiger partial charge in [-0.15, -0.1) is 10.2 Å².